The predicted molar refractivity (Wildman–Crippen MR) is 81.2 cm³/mol. The third-order valence-corrected chi connectivity index (χ3v) is 3.03. The predicted octanol–water partition coefficient (Wildman–Crippen LogP) is 2.12. The number of aromatic nitrogens is 2. The first-order valence-corrected chi connectivity index (χ1v) is 6.23. The highest BCUT2D eigenvalue weighted by molar-refractivity contribution is 5.82. The lowest BCUT2D eigenvalue weighted by Gasteiger charge is -2.08. The molecule has 1 aromatic heterocycles. The Hall–Kier alpha value is -3.33. The van der Waals surface area contributed by atoms with Crippen LogP contribution in [0.15, 0.2) is 47.3 Å². The number of para-hydroxylation sites is 1. The number of aromatic amines is 1. The van der Waals surface area contributed by atoms with Gasteiger partial charge in [0.15, 0.2) is 0 Å². The number of hydrogen-bond acceptors (Lipinski definition) is 5. The zero-order valence-corrected chi connectivity index (χ0v) is 10.9. The van der Waals surface area contributed by atoms with Gasteiger partial charge >= 0.3 is 0 Å². The molecule has 0 fully saturated rings. The van der Waals surface area contributed by atoms with Crippen LogP contribution in [-0.4, -0.2) is 9.97 Å². The van der Waals surface area contributed by atoms with Gasteiger partial charge in [-0.1, -0.05) is 12.1 Å². The van der Waals surface area contributed by atoms with Crippen LogP contribution >= 0.6 is 0 Å². The first-order chi connectivity index (χ1) is 10.2. The van der Waals surface area contributed by atoms with Crippen molar-refractivity contribution >= 4 is 28.2 Å². The monoisotopic (exact) mass is 277 g/mol. The third kappa shape index (κ3) is 2.40. The average molecular weight is 277 g/mol. The second-order valence-corrected chi connectivity index (χ2v) is 4.47. The molecule has 0 amide bonds. The fourth-order valence-electron chi connectivity index (χ4n) is 2.03. The van der Waals surface area contributed by atoms with Crippen LogP contribution in [0, 0.1) is 11.3 Å². The van der Waals surface area contributed by atoms with Crippen molar-refractivity contribution in [2.75, 3.05) is 11.1 Å². The number of nitrogens with one attached hydrogen (secondary N) is 2. The Morgan fingerprint density at radius 3 is 2.86 bits per heavy atom. The van der Waals surface area contributed by atoms with E-state index in [9.17, 15) is 4.79 Å². The molecule has 0 atom stereocenters. The van der Waals surface area contributed by atoms with Crippen molar-refractivity contribution in [2.24, 2.45) is 0 Å². The van der Waals surface area contributed by atoms with E-state index in [1.54, 1.807) is 42.5 Å². The number of benzene rings is 2. The van der Waals surface area contributed by atoms with Crippen molar-refractivity contribution in [2.45, 2.75) is 0 Å². The number of nitrogens with zero attached hydrogens (tertiary/aromatic N) is 2. The molecule has 0 aliphatic rings. The van der Waals surface area contributed by atoms with E-state index >= 15 is 0 Å². The average Bonchev–Trinajstić information content (AvgIpc) is 2.49. The summed E-state index contributed by atoms with van der Waals surface area (Å²) in [4.78, 5) is 19.0. The van der Waals surface area contributed by atoms with Crippen molar-refractivity contribution in [3.63, 3.8) is 0 Å². The molecule has 0 saturated heterocycles. The van der Waals surface area contributed by atoms with E-state index in [-0.39, 0.29) is 11.5 Å². The van der Waals surface area contributed by atoms with Crippen molar-refractivity contribution in [3.05, 3.63) is 58.4 Å². The summed E-state index contributed by atoms with van der Waals surface area (Å²) in [7, 11) is 0. The Kier molecular flexibility index (Phi) is 3.01. The van der Waals surface area contributed by atoms with Crippen molar-refractivity contribution < 1.29 is 0 Å². The molecule has 0 radical (unpaired) electrons. The highest BCUT2D eigenvalue weighted by Gasteiger charge is 2.06. The first kappa shape index (κ1) is 12.7. The molecule has 2 aromatic carbocycles. The van der Waals surface area contributed by atoms with Crippen LogP contribution in [0.5, 0.6) is 0 Å². The van der Waals surface area contributed by atoms with Crippen LogP contribution in [0.2, 0.25) is 0 Å². The first-order valence-electron chi connectivity index (χ1n) is 6.23. The molecule has 0 bridgehead atoms. The van der Waals surface area contributed by atoms with Gasteiger partial charge in [0.05, 0.1) is 22.2 Å². The Morgan fingerprint density at radius 1 is 1.24 bits per heavy atom. The summed E-state index contributed by atoms with van der Waals surface area (Å²) in [6.07, 6.45) is 0. The van der Waals surface area contributed by atoms with Gasteiger partial charge in [0.2, 0.25) is 5.95 Å². The number of nitriles is 1. The van der Waals surface area contributed by atoms with Crippen LogP contribution < -0.4 is 16.6 Å². The molecular formula is C15H11N5O. The van der Waals surface area contributed by atoms with Gasteiger partial charge in [-0.05, 0) is 30.3 Å². The summed E-state index contributed by atoms with van der Waals surface area (Å²) < 4.78 is 0. The van der Waals surface area contributed by atoms with Crippen molar-refractivity contribution in [3.8, 4) is 6.07 Å². The van der Waals surface area contributed by atoms with Gasteiger partial charge in [0.25, 0.3) is 5.56 Å². The molecule has 6 nitrogen and oxygen atoms in total. The van der Waals surface area contributed by atoms with Crippen LogP contribution in [0.1, 0.15) is 5.56 Å². The lowest BCUT2D eigenvalue weighted by atomic mass is 10.2. The summed E-state index contributed by atoms with van der Waals surface area (Å²) in [6, 6.07) is 14.0. The quantitative estimate of drug-likeness (QED) is 0.622. The van der Waals surface area contributed by atoms with E-state index in [0.29, 0.717) is 27.8 Å². The second kappa shape index (κ2) is 4.98. The molecule has 3 rings (SSSR count). The highest BCUT2D eigenvalue weighted by atomic mass is 16.1. The van der Waals surface area contributed by atoms with Crippen molar-refractivity contribution in [1.82, 2.24) is 9.97 Å². The molecule has 21 heavy (non-hydrogen) atoms. The Morgan fingerprint density at radius 2 is 2.05 bits per heavy atom. The molecule has 0 unspecified atom stereocenters. The molecule has 0 aliphatic heterocycles. The molecular weight excluding hydrogens is 266 g/mol. The largest absolute Gasteiger partial charge is 0.399 e. The van der Waals surface area contributed by atoms with Gasteiger partial charge in [-0.2, -0.15) is 5.26 Å². The molecule has 1 heterocycles. The van der Waals surface area contributed by atoms with E-state index in [1.165, 1.54) is 0 Å². The third-order valence-electron chi connectivity index (χ3n) is 3.03. The number of rotatable bonds is 2. The zero-order chi connectivity index (χ0) is 14.8. The van der Waals surface area contributed by atoms with Gasteiger partial charge < -0.3 is 11.1 Å². The summed E-state index contributed by atoms with van der Waals surface area (Å²) in [5.41, 5.74) is 7.46. The molecule has 6 heteroatoms. The minimum Gasteiger partial charge on any atom is -0.399 e. The van der Waals surface area contributed by atoms with E-state index in [0.717, 1.165) is 0 Å². The number of hydrogen-bond donors (Lipinski definition) is 3. The van der Waals surface area contributed by atoms with Gasteiger partial charge in [-0.15, -0.1) is 0 Å². The number of anilines is 3. The summed E-state index contributed by atoms with van der Waals surface area (Å²) in [6.45, 7) is 0. The van der Waals surface area contributed by atoms with Crippen LogP contribution in [0.4, 0.5) is 17.3 Å². The van der Waals surface area contributed by atoms with E-state index in [4.69, 9.17) is 11.0 Å². The molecule has 0 spiro atoms. The maximum absolute atomic E-state index is 12.0. The highest BCUT2D eigenvalue weighted by Crippen LogP contribution is 2.19. The number of nitrogens with two attached hydrogens (primary N) is 1. The van der Waals surface area contributed by atoms with Crippen molar-refractivity contribution in [1.29, 1.82) is 5.26 Å². The van der Waals surface area contributed by atoms with E-state index in [2.05, 4.69) is 21.4 Å². The minimum absolute atomic E-state index is 0.278. The minimum atomic E-state index is -0.288. The summed E-state index contributed by atoms with van der Waals surface area (Å²) >= 11 is 0. The topological polar surface area (TPSA) is 108 Å². The van der Waals surface area contributed by atoms with E-state index < -0.39 is 0 Å². The summed E-state index contributed by atoms with van der Waals surface area (Å²) in [5.74, 6) is 0.278. The molecule has 4 N–H and O–H groups in total. The fourth-order valence-corrected chi connectivity index (χ4v) is 2.03. The SMILES string of the molecule is N#Cc1ccccc1Nc1nc2ccc(N)cc2c(=O)[nH]1. The molecule has 102 valence electrons. The lowest BCUT2D eigenvalue weighted by Crippen LogP contribution is -2.11. The smallest absolute Gasteiger partial charge is 0.260 e. The Labute approximate surface area is 119 Å². The maximum atomic E-state index is 12.0. The number of H-pyrrole nitrogens is 1. The number of fused-ring (bicyclic) bond motifs is 1. The van der Waals surface area contributed by atoms with Crippen LogP contribution in [0.25, 0.3) is 10.9 Å². The molecule has 0 saturated carbocycles. The van der Waals surface area contributed by atoms with Crippen LogP contribution in [-0.2, 0) is 0 Å². The maximum Gasteiger partial charge on any atom is 0.260 e. The zero-order valence-electron chi connectivity index (χ0n) is 10.9. The van der Waals surface area contributed by atoms with Gasteiger partial charge in [-0.25, -0.2) is 4.98 Å². The van der Waals surface area contributed by atoms with Gasteiger partial charge in [-0.3, -0.25) is 9.78 Å². The van der Waals surface area contributed by atoms with Crippen LogP contribution in [0.3, 0.4) is 0 Å². The standard InChI is InChI=1S/C15H11N5O/c16-8-9-3-1-2-4-12(9)18-15-19-13-6-5-10(17)7-11(13)14(21)20-15/h1-7H,17H2,(H2,18,19,20,21). The van der Waals surface area contributed by atoms with Gasteiger partial charge in [0, 0.05) is 5.69 Å². The fraction of sp³-hybridized carbons (Fsp3) is 0. The Balaban J connectivity index is 2.08. The second-order valence-electron chi connectivity index (χ2n) is 4.47. The van der Waals surface area contributed by atoms with E-state index in [1.807, 2.05) is 0 Å². The Bertz CT molecular complexity index is 923. The molecule has 0 aliphatic carbocycles. The summed E-state index contributed by atoms with van der Waals surface area (Å²) in [5, 5.41) is 12.4. The number of nitrogen functional groups attached to an aromatic ring is 1. The normalized spacial score (nSPS) is 10.2. The van der Waals surface area contributed by atoms with Gasteiger partial charge in [0.1, 0.15) is 6.07 Å². The molecule has 3 aromatic rings. The lowest BCUT2D eigenvalue weighted by molar-refractivity contribution is 1.17.